The number of amides is 3. The molecule has 234 valence electrons. The first-order chi connectivity index (χ1) is 22.2. The number of morpholine rings is 1. The fourth-order valence-electron chi connectivity index (χ4n) is 4.54. The first kappa shape index (κ1) is 30.7. The molecule has 1 saturated heterocycles. The van der Waals surface area contributed by atoms with E-state index in [-0.39, 0.29) is 39.3 Å². The van der Waals surface area contributed by atoms with Crippen molar-refractivity contribution in [1.29, 1.82) is 0 Å². The summed E-state index contributed by atoms with van der Waals surface area (Å²) in [4.78, 5) is 34.9. The SMILES string of the molecule is O=C(Nc1ccc(-c2noc(-c3cccc(NS(=O)(=O)c4ccc(NC(=O)N5CCOCC5)cc4)c3)n2)c(Cl)c1)c1cccnc1. The molecule has 3 amide bonds. The first-order valence-corrected chi connectivity index (χ1v) is 15.8. The van der Waals surface area contributed by atoms with Crippen LogP contribution in [0.15, 0.2) is 101 Å². The average Bonchev–Trinajstić information content (AvgIpc) is 3.56. The average molecular weight is 660 g/mol. The minimum atomic E-state index is -3.96. The highest BCUT2D eigenvalue weighted by molar-refractivity contribution is 7.92. The Labute approximate surface area is 268 Å². The number of urea groups is 1. The van der Waals surface area contributed by atoms with Gasteiger partial charge in [-0.25, -0.2) is 13.2 Å². The van der Waals surface area contributed by atoms with Crippen LogP contribution in [0.4, 0.5) is 21.9 Å². The number of halogens is 1. The molecule has 0 spiro atoms. The normalized spacial score (nSPS) is 13.2. The maximum atomic E-state index is 13.1. The van der Waals surface area contributed by atoms with Gasteiger partial charge in [-0.05, 0) is 72.8 Å². The summed E-state index contributed by atoms with van der Waals surface area (Å²) in [6.45, 7) is 1.93. The van der Waals surface area contributed by atoms with E-state index in [0.717, 1.165) is 0 Å². The Morgan fingerprint density at radius 1 is 0.870 bits per heavy atom. The standard InChI is InChI=1S/C31H26ClN7O6S/c32-27-18-23(34-29(40)21-4-2-12-33-19-21)8-11-26(27)28-36-30(45-37-28)20-3-1-5-24(17-20)38-46(42,43)25-9-6-22(7-10-25)35-31(41)39-13-15-44-16-14-39/h1-12,17-19,38H,13-16H2,(H,34,40)(H,35,41). The number of carbonyl (C=O) groups excluding carboxylic acids is 2. The molecule has 0 bridgehead atoms. The number of carbonyl (C=O) groups is 2. The quantitative estimate of drug-likeness (QED) is 0.198. The Morgan fingerprint density at radius 3 is 2.39 bits per heavy atom. The molecule has 6 rings (SSSR count). The highest BCUT2D eigenvalue weighted by Gasteiger charge is 2.19. The summed E-state index contributed by atoms with van der Waals surface area (Å²) < 4.78 is 39.5. The third-order valence-electron chi connectivity index (χ3n) is 6.89. The van der Waals surface area contributed by atoms with Gasteiger partial charge >= 0.3 is 6.03 Å². The Hall–Kier alpha value is -5.31. The van der Waals surface area contributed by atoms with E-state index in [1.807, 2.05) is 0 Å². The van der Waals surface area contributed by atoms with Gasteiger partial charge in [0, 0.05) is 53.7 Å². The predicted molar refractivity (Wildman–Crippen MR) is 171 cm³/mol. The highest BCUT2D eigenvalue weighted by atomic mass is 35.5. The number of rotatable bonds is 8. The maximum absolute atomic E-state index is 13.1. The molecular weight excluding hydrogens is 634 g/mol. The number of hydrogen-bond donors (Lipinski definition) is 3. The lowest BCUT2D eigenvalue weighted by Gasteiger charge is -2.26. The third-order valence-corrected chi connectivity index (χ3v) is 8.60. The van der Waals surface area contributed by atoms with Crippen molar-refractivity contribution in [3.05, 3.63) is 102 Å². The van der Waals surface area contributed by atoms with Gasteiger partial charge in [-0.1, -0.05) is 22.8 Å². The number of sulfonamides is 1. The molecule has 0 radical (unpaired) electrons. The molecule has 2 aromatic heterocycles. The van der Waals surface area contributed by atoms with Crippen molar-refractivity contribution < 1.29 is 27.3 Å². The molecule has 1 aliphatic heterocycles. The van der Waals surface area contributed by atoms with Crippen LogP contribution >= 0.6 is 11.6 Å². The number of benzene rings is 3. The second-order valence-electron chi connectivity index (χ2n) is 10.1. The highest BCUT2D eigenvalue weighted by Crippen LogP contribution is 2.31. The zero-order valence-electron chi connectivity index (χ0n) is 24.0. The number of hydrogen-bond acceptors (Lipinski definition) is 9. The molecule has 3 aromatic carbocycles. The summed E-state index contributed by atoms with van der Waals surface area (Å²) >= 11 is 6.49. The molecule has 13 nitrogen and oxygen atoms in total. The number of nitrogens with zero attached hydrogens (tertiary/aromatic N) is 4. The van der Waals surface area contributed by atoms with Crippen LogP contribution in [0.1, 0.15) is 10.4 Å². The van der Waals surface area contributed by atoms with Crippen molar-refractivity contribution in [2.24, 2.45) is 0 Å². The van der Waals surface area contributed by atoms with Gasteiger partial charge < -0.3 is 24.8 Å². The van der Waals surface area contributed by atoms with Crippen molar-refractivity contribution in [2.45, 2.75) is 4.90 Å². The van der Waals surface area contributed by atoms with Crippen LogP contribution in [-0.2, 0) is 14.8 Å². The van der Waals surface area contributed by atoms with Gasteiger partial charge in [0.05, 0.1) is 28.7 Å². The van der Waals surface area contributed by atoms with Gasteiger partial charge in [0.25, 0.3) is 21.8 Å². The van der Waals surface area contributed by atoms with E-state index in [1.54, 1.807) is 65.7 Å². The van der Waals surface area contributed by atoms with Crippen LogP contribution < -0.4 is 15.4 Å². The van der Waals surface area contributed by atoms with E-state index in [0.29, 0.717) is 54.4 Å². The second kappa shape index (κ2) is 13.4. The molecule has 1 aliphatic rings. The number of anilines is 3. The number of ether oxygens (including phenoxy) is 1. The lowest BCUT2D eigenvalue weighted by molar-refractivity contribution is 0.0564. The van der Waals surface area contributed by atoms with Crippen LogP contribution in [-0.4, -0.2) is 66.7 Å². The van der Waals surface area contributed by atoms with Gasteiger partial charge in [-0.15, -0.1) is 0 Å². The van der Waals surface area contributed by atoms with E-state index in [4.69, 9.17) is 20.9 Å². The summed E-state index contributed by atoms with van der Waals surface area (Å²) in [5.74, 6) is 0.0117. The van der Waals surface area contributed by atoms with E-state index in [2.05, 4.69) is 30.5 Å². The minimum Gasteiger partial charge on any atom is -0.378 e. The predicted octanol–water partition coefficient (Wildman–Crippen LogP) is 5.37. The molecule has 15 heteroatoms. The lowest BCUT2D eigenvalue weighted by Crippen LogP contribution is -2.43. The van der Waals surface area contributed by atoms with Crippen LogP contribution in [0.25, 0.3) is 22.8 Å². The Balaban J connectivity index is 1.12. The van der Waals surface area contributed by atoms with Crippen molar-refractivity contribution >= 4 is 50.6 Å². The zero-order chi connectivity index (χ0) is 32.1. The summed E-state index contributed by atoms with van der Waals surface area (Å²) in [7, 11) is -3.96. The van der Waals surface area contributed by atoms with Crippen LogP contribution in [0.3, 0.4) is 0 Å². The molecule has 3 heterocycles. The summed E-state index contributed by atoms with van der Waals surface area (Å²) in [6.07, 6.45) is 3.04. The molecule has 0 atom stereocenters. The van der Waals surface area contributed by atoms with E-state index < -0.39 is 10.0 Å². The van der Waals surface area contributed by atoms with Gasteiger partial charge in [0.1, 0.15) is 0 Å². The van der Waals surface area contributed by atoms with Crippen molar-refractivity contribution in [2.75, 3.05) is 41.7 Å². The summed E-state index contributed by atoms with van der Waals surface area (Å²) in [5.41, 5.74) is 2.55. The minimum absolute atomic E-state index is 0.0112. The van der Waals surface area contributed by atoms with Gasteiger partial charge in [0.15, 0.2) is 0 Å². The van der Waals surface area contributed by atoms with Gasteiger partial charge in [0.2, 0.25) is 5.82 Å². The van der Waals surface area contributed by atoms with Crippen molar-refractivity contribution in [3.8, 4) is 22.8 Å². The molecule has 3 N–H and O–H groups in total. The zero-order valence-corrected chi connectivity index (χ0v) is 25.6. The summed E-state index contributed by atoms with van der Waals surface area (Å²) in [5, 5.41) is 9.84. The van der Waals surface area contributed by atoms with Gasteiger partial charge in [-0.3, -0.25) is 14.5 Å². The maximum Gasteiger partial charge on any atom is 0.321 e. The first-order valence-electron chi connectivity index (χ1n) is 14.0. The number of aromatic nitrogens is 3. The number of pyridine rings is 1. The van der Waals surface area contributed by atoms with Crippen LogP contribution in [0.2, 0.25) is 5.02 Å². The van der Waals surface area contributed by atoms with Crippen molar-refractivity contribution in [1.82, 2.24) is 20.0 Å². The molecule has 0 unspecified atom stereocenters. The van der Waals surface area contributed by atoms with Crippen LogP contribution in [0, 0.1) is 0 Å². The van der Waals surface area contributed by atoms with Crippen LogP contribution in [0.5, 0.6) is 0 Å². The molecule has 0 aliphatic carbocycles. The Bertz CT molecular complexity index is 1980. The second-order valence-corrected chi connectivity index (χ2v) is 12.1. The smallest absolute Gasteiger partial charge is 0.321 e. The topological polar surface area (TPSA) is 169 Å². The molecular formula is C31H26ClN7O6S. The Kier molecular flexibility index (Phi) is 8.92. The largest absolute Gasteiger partial charge is 0.378 e. The van der Waals surface area contributed by atoms with E-state index >= 15 is 0 Å². The fraction of sp³-hybridized carbons (Fsp3) is 0.129. The monoisotopic (exact) mass is 659 g/mol. The van der Waals surface area contributed by atoms with Crippen molar-refractivity contribution in [3.63, 3.8) is 0 Å². The van der Waals surface area contributed by atoms with Gasteiger partial charge in [-0.2, -0.15) is 4.98 Å². The lowest BCUT2D eigenvalue weighted by atomic mass is 10.1. The molecule has 46 heavy (non-hydrogen) atoms. The number of nitrogens with one attached hydrogen (secondary N) is 3. The van der Waals surface area contributed by atoms with E-state index in [9.17, 15) is 18.0 Å². The fourth-order valence-corrected chi connectivity index (χ4v) is 5.86. The molecule has 1 fully saturated rings. The van der Waals surface area contributed by atoms with E-state index in [1.165, 1.54) is 30.5 Å². The third kappa shape index (κ3) is 7.15. The summed E-state index contributed by atoms with van der Waals surface area (Å²) in [6, 6.07) is 20.3. The molecule has 0 saturated carbocycles. The molecule has 5 aromatic rings. The Morgan fingerprint density at radius 2 is 1.65 bits per heavy atom.